The SMILES string of the molecule is CC(C)c1ccccc1OCC(=O)N(Cc1ccc(Br)cc1)[C@@H](Cc1ccccc1)C(=O)NC1CCCC1. The van der Waals surface area contributed by atoms with E-state index in [1.54, 1.807) is 4.90 Å². The molecule has 0 bridgehead atoms. The van der Waals surface area contributed by atoms with E-state index in [1.807, 2.05) is 78.9 Å². The Hall–Kier alpha value is -3.12. The summed E-state index contributed by atoms with van der Waals surface area (Å²) in [4.78, 5) is 29.3. The van der Waals surface area contributed by atoms with Crippen molar-refractivity contribution in [1.29, 1.82) is 0 Å². The summed E-state index contributed by atoms with van der Waals surface area (Å²) >= 11 is 3.49. The van der Waals surface area contributed by atoms with E-state index < -0.39 is 6.04 Å². The monoisotopic (exact) mass is 576 g/mol. The van der Waals surface area contributed by atoms with Gasteiger partial charge in [0.15, 0.2) is 6.61 Å². The number of amides is 2. The Balaban J connectivity index is 1.62. The second kappa shape index (κ2) is 13.6. The lowest BCUT2D eigenvalue weighted by Gasteiger charge is -2.32. The molecule has 200 valence electrons. The molecule has 0 unspecified atom stereocenters. The van der Waals surface area contributed by atoms with Crippen molar-refractivity contribution < 1.29 is 14.3 Å². The summed E-state index contributed by atoms with van der Waals surface area (Å²) in [6.45, 7) is 4.39. The number of carbonyl (C=O) groups is 2. The molecule has 1 N–H and O–H groups in total. The molecule has 5 nitrogen and oxygen atoms in total. The van der Waals surface area contributed by atoms with Gasteiger partial charge in [-0.05, 0) is 53.6 Å². The highest BCUT2D eigenvalue weighted by Gasteiger charge is 2.32. The van der Waals surface area contributed by atoms with E-state index in [9.17, 15) is 9.59 Å². The maximum atomic E-state index is 13.9. The predicted molar refractivity (Wildman–Crippen MR) is 155 cm³/mol. The van der Waals surface area contributed by atoms with Crippen LogP contribution in [0.2, 0.25) is 0 Å². The van der Waals surface area contributed by atoms with Crippen LogP contribution in [0, 0.1) is 0 Å². The van der Waals surface area contributed by atoms with Gasteiger partial charge in [-0.25, -0.2) is 0 Å². The van der Waals surface area contributed by atoms with Crippen LogP contribution in [-0.2, 0) is 22.6 Å². The number of benzene rings is 3. The van der Waals surface area contributed by atoms with Gasteiger partial charge in [-0.15, -0.1) is 0 Å². The normalized spacial score (nSPS) is 14.3. The highest BCUT2D eigenvalue weighted by molar-refractivity contribution is 9.10. The summed E-state index contributed by atoms with van der Waals surface area (Å²) in [5, 5.41) is 3.25. The van der Waals surface area contributed by atoms with Crippen molar-refractivity contribution in [2.24, 2.45) is 0 Å². The second-order valence-electron chi connectivity index (χ2n) is 10.3. The van der Waals surface area contributed by atoms with Gasteiger partial charge in [0.2, 0.25) is 5.91 Å². The van der Waals surface area contributed by atoms with Crippen molar-refractivity contribution in [1.82, 2.24) is 10.2 Å². The molecule has 4 rings (SSSR count). The first-order valence-electron chi connectivity index (χ1n) is 13.5. The van der Waals surface area contributed by atoms with Crippen LogP contribution < -0.4 is 10.1 Å². The van der Waals surface area contributed by atoms with E-state index in [1.165, 1.54) is 0 Å². The third-order valence-corrected chi connectivity index (χ3v) is 7.66. The van der Waals surface area contributed by atoms with Crippen LogP contribution in [0.15, 0.2) is 83.3 Å². The molecule has 2 amide bonds. The number of carbonyl (C=O) groups excluding carboxylic acids is 2. The lowest BCUT2D eigenvalue weighted by Crippen LogP contribution is -2.53. The van der Waals surface area contributed by atoms with Gasteiger partial charge in [-0.1, -0.05) is 103 Å². The molecule has 0 radical (unpaired) electrons. The zero-order chi connectivity index (χ0) is 26.9. The van der Waals surface area contributed by atoms with E-state index in [2.05, 4.69) is 35.1 Å². The average molecular weight is 578 g/mol. The zero-order valence-electron chi connectivity index (χ0n) is 22.2. The molecule has 1 fully saturated rings. The fourth-order valence-electron chi connectivity index (χ4n) is 5.02. The zero-order valence-corrected chi connectivity index (χ0v) is 23.8. The maximum Gasteiger partial charge on any atom is 0.261 e. The summed E-state index contributed by atoms with van der Waals surface area (Å²) in [5.41, 5.74) is 3.02. The summed E-state index contributed by atoms with van der Waals surface area (Å²) in [5.74, 6) is 0.653. The minimum atomic E-state index is -0.655. The van der Waals surface area contributed by atoms with E-state index >= 15 is 0 Å². The van der Waals surface area contributed by atoms with Crippen LogP contribution >= 0.6 is 15.9 Å². The van der Waals surface area contributed by atoms with Gasteiger partial charge in [-0.3, -0.25) is 9.59 Å². The number of hydrogen-bond acceptors (Lipinski definition) is 3. The van der Waals surface area contributed by atoms with E-state index in [0.717, 1.165) is 46.8 Å². The van der Waals surface area contributed by atoms with Crippen LogP contribution in [0.3, 0.4) is 0 Å². The van der Waals surface area contributed by atoms with Gasteiger partial charge < -0.3 is 15.0 Å². The van der Waals surface area contributed by atoms with Gasteiger partial charge in [0.05, 0.1) is 0 Å². The Labute approximate surface area is 234 Å². The first kappa shape index (κ1) is 27.9. The number of para-hydroxylation sites is 1. The van der Waals surface area contributed by atoms with Crippen LogP contribution in [0.5, 0.6) is 5.75 Å². The number of hydrogen-bond donors (Lipinski definition) is 1. The van der Waals surface area contributed by atoms with Crippen molar-refractivity contribution in [3.05, 3.63) is 100 Å². The molecule has 38 heavy (non-hydrogen) atoms. The lowest BCUT2D eigenvalue weighted by molar-refractivity contribution is -0.143. The molecular formula is C32H37BrN2O3. The fraction of sp³-hybridized carbons (Fsp3) is 0.375. The molecule has 0 heterocycles. The van der Waals surface area contributed by atoms with E-state index in [-0.39, 0.29) is 30.4 Å². The van der Waals surface area contributed by atoms with Crippen LogP contribution in [-0.4, -0.2) is 35.4 Å². The Morgan fingerprint density at radius 1 is 0.921 bits per heavy atom. The van der Waals surface area contributed by atoms with Gasteiger partial charge in [-0.2, -0.15) is 0 Å². The minimum absolute atomic E-state index is 0.103. The third kappa shape index (κ3) is 7.70. The Morgan fingerprint density at radius 3 is 2.26 bits per heavy atom. The van der Waals surface area contributed by atoms with Crippen LogP contribution in [0.1, 0.15) is 62.1 Å². The molecule has 0 aromatic heterocycles. The highest BCUT2D eigenvalue weighted by Crippen LogP contribution is 2.26. The van der Waals surface area contributed by atoms with Gasteiger partial charge in [0, 0.05) is 23.5 Å². The minimum Gasteiger partial charge on any atom is -0.483 e. The molecule has 1 aliphatic rings. The molecule has 0 spiro atoms. The Kier molecular flexibility index (Phi) is 9.99. The summed E-state index contributed by atoms with van der Waals surface area (Å²) < 4.78 is 7.05. The fourth-order valence-corrected chi connectivity index (χ4v) is 5.28. The first-order valence-corrected chi connectivity index (χ1v) is 14.3. The molecule has 1 atom stereocenters. The standard InChI is InChI=1S/C32H37BrN2O3/c1-23(2)28-14-8-9-15-30(28)38-22-31(36)35(21-25-16-18-26(33)19-17-25)29(20-24-10-4-3-5-11-24)32(37)34-27-12-6-7-13-27/h3-5,8-11,14-19,23,27,29H,6-7,12-13,20-22H2,1-2H3,(H,34,37)/t29-/m0/s1. The Bertz CT molecular complexity index is 1190. The second-order valence-corrected chi connectivity index (χ2v) is 11.2. The lowest BCUT2D eigenvalue weighted by atomic mass is 10.0. The number of nitrogens with zero attached hydrogens (tertiary/aromatic N) is 1. The molecule has 0 aliphatic heterocycles. The van der Waals surface area contributed by atoms with Crippen LogP contribution in [0.4, 0.5) is 0 Å². The number of rotatable bonds is 11. The number of nitrogens with one attached hydrogen (secondary N) is 1. The molecular weight excluding hydrogens is 540 g/mol. The molecule has 3 aromatic rings. The quantitative estimate of drug-likeness (QED) is 0.278. The van der Waals surface area contributed by atoms with Gasteiger partial charge >= 0.3 is 0 Å². The summed E-state index contributed by atoms with van der Waals surface area (Å²) in [7, 11) is 0. The van der Waals surface area contributed by atoms with Crippen molar-refractivity contribution in [2.45, 2.75) is 70.5 Å². The van der Waals surface area contributed by atoms with E-state index in [0.29, 0.717) is 18.7 Å². The largest absolute Gasteiger partial charge is 0.483 e. The molecule has 3 aromatic carbocycles. The van der Waals surface area contributed by atoms with Gasteiger partial charge in [0.25, 0.3) is 5.91 Å². The Morgan fingerprint density at radius 2 is 1.58 bits per heavy atom. The molecule has 1 aliphatic carbocycles. The highest BCUT2D eigenvalue weighted by atomic mass is 79.9. The smallest absolute Gasteiger partial charge is 0.261 e. The van der Waals surface area contributed by atoms with Gasteiger partial charge in [0.1, 0.15) is 11.8 Å². The summed E-state index contributed by atoms with van der Waals surface area (Å²) in [6.07, 6.45) is 4.65. The van der Waals surface area contributed by atoms with Crippen molar-refractivity contribution in [3.8, 4) is 5.75 Å². The van der Waals surface area contributed by atoms with Crippen molar-refractivity contribution >= 4 is 27.7 Å². The van der Waals surface area contributed by atoms with Crippen LogP contribution in [0.25, 0.3) is 0 Å². The first-order chi connectivity index (χ1) is 18.4. The molecule has 1 saturated carbocycles. The maximum absolute atomic E-state index is 13.9. The molecule has 6 heteroatoms. The number of ether oxygens (including phenoxy) is 1. The number of halogens is 1. The third-order valence-electron chi connectivity index (χ3n) is 7.13. The van der Waals surface area contributed by atoms with Crippen molar-refractivity contribution in [2.75, 3.05) is 6.61 Å². The van der Waals surface area contributed by atoms with Crippen molar-refractivity contribution in [3.63, 3.8) is 0 Å². The van der Waals surface area contributed by atoms with E-state index in [4.69, 9.17) is 4.74 Å². The topological polar surface area (TPSA) is 58.6 Å². The summed E-state index contributed by atoms with van der Waals surface area (Å²) in [6, 6.07) is 25.1. The predicted octanol–water partition coefficient (Wildman–Crippen LogP) is 6.65. The average Bonchev–Trinajstić information content (AvgIpc) is 3.44. The molecule has 0 saturated heterocycles.